The minimum atomic E-state index is -0.429. The van der Waals surface area contributed by atoms with E-state index >= 15 is 0 Å². The highest BCUT2D eigenvalue weighted by molar-refractivity contribution is 14.1. The summed E-state index contributed by atoms with van der Waals surface area (Å²) in [6, 6.07) is 0. The van der Waals surface area contributed by atoms with Crippen molar-refractivity contribution in [2.24, 2.45) is 5.92 Å². The highest BCUT2D eigenvalue weighted by Gasteiger charge is 2.29. The van der Waals surface area contributed by atoms with Gasteiger partial charge < -0.3 is 10.1 Å². The lowest BCUT2D eigenvalue weighted by molar-refractivity contribution is -0.00909. The van der Waals surface area contributed by atoms with Gasteiger partial charge in [-0.25, -0.2) is 9.97 Å². The molecule has 0 amide bonds. The summed E-state index contributed by atoms with van der Waals surface area (Å²) in [6.45, 7) is 8.53. The van der Waals surface area contributed by atoms with Gasteiger partial charge in [0.1, 0.15) is 11.4 Å². The van der Waals surface area contributed by atoms with E-state index in [1.54, 1.807) is 7.11 Å². The average molecular weight is 377 g/mol. The van der Waals surface area contributed by atoms with E-state index in [-0.39, 0.29) is 0 Å². The number of rotatable bonds is 6. The molecule has 19 heavy (non-hydrogen) atoms. The molecule has 0 saturated carbocycles. The van der Waals surface area contributed by atoms with Crippen LogP contribution in [0.3, 0.4) is 0 Å². The molecule has 1 N–H and O–H groups in total. The third-order valence-electron chi connectivity index (χ3n) is 3.36. The van der Waals surface area contributed by atoms with Crippen LogP contribution in [0.4, 0.5) is 5.82 Å². The number of nitrogens with one attached hydrogen (secondary N) is 1. The van der Waals surface area contributed by atoms with Gasteiger partial charge in [0.05, 0.1) is 9.26 Å². The summed E-state index contributed by atoms with van der Waals surface area (Å²) in [4.78, 5) is 9.37. The summed E-state index contributed by atoms with van der Waals surface area (Å²) < 4.78 is 6.72. The van der Waals surface area contributed by atoms with Gasteiger partial charge in [-0.1, -0.05) is 20.8 Å². The summed E-state index contributed by atoms with van der Waals surface area (Å²) >= 11 is 2.31. The van der Waals surface area contributed by atoms with Crippen molar-refractivity contribution in [3.05, 3.63) is 15.1 Å². The molecule has 1 rings (SSSR count). The van der Waals surface area contributed by atoms with E-state index < -0.39 is 5.60 Å². The van der Waals surface area contributed by atoms with Crippen LogP contribution in [0.5, 0.6) is 0 Å². The topological polar surface area (TPSA) is 47.0 Å². The molecule has 1 atom stereocenters. The van der Waals surface area contributed by atoms with E-state index in [0.29, 0.717) is 5.92 Å². The Hall–Kier alpha value is -0.430. The van der Waals surface area contributed by atoms with Crippen molar-refractivity contribution in [1.82, 2.24) is 9.97 Å². The maximum absolute atomic E-state index is 5.62. The Labute approximate surface area is 129 Å². The summed E-state index contributed by atoms with van der Waals surface area (Å²) in [7, 11) is 3.61. The molecule has 1 aromatic rings. The molecule has 1 aromatic heterocycles. The number of nitrogens with zero attached hydrogens (tertiary/aromatic N) is 2. The molecule has 5 heteroatoms. The van der Waals surface area contributed by atoms with Crippen LogP contribution in [0.2, 0.25) is 0 Å². The lowest BCUT2D eigenvalue weighted by atomic mass is 10.0. The number of halogens is 1. The zero-order valence-electron chi connectivity index (χ0n) is 12.7. The SMILES string of the molecule is CCC(C)(OC)c1nc(CC(C)C)c(I)c(NC)n1. The van der Waals surface area contributed by atoms with Crippen LogP contribution in [0.1, 0.15) is 45.6 Å². The normalized spacial score (nSPS) is 14.5. The van der Waals surface area contributed by atoms with Gasteiger partial charge in [-0.05, 0) is 48.3 Å². The van der Waals surface area contributed by atoms with Crippen LogP contribution < -0.4 is 5.32 Å². The van der Waals surface area contributed by atoms with Gasteiger partial charge in [-0.3, -0.25) is 0 Å². The number of ether oxygens (including phenoxy) is 1. The van der Waals surface area contributed by atoms with Crippen LogP contribution in [0.25, 0.3) is 0 Å². The first-order chi connectivity index (χ1) is 8.87. The Balaban J connectivity index is 3.34. The van der Waals surface area contributed by atoms with Gasteiger partial charge in [0.15, 0.2) is 5.82 Å². The molecule has 0 aromatic carbocycles. The molecule has 0 radical (unpaired) electrons. The fourth-order valence-electron chi connectivity index (χ4n) is 1.81. The van der Waals surface area contributed by atoms with Crippen molar-refractivity contribution in [2.45, 2.75) is 46.1 Å². The Morgan fingerprint density at radius 3 is 2.42 bits per heavy atom. The highest BCUT2D eigenvalue weighted by atomic mass is 127. The molecule has 1 heterocycles. The van der Waals surface area contributed by atoms with Gasteiger partial charge in [-0.15, -0.1) is 0 Å². The first kappa shape index (κ1) is 16.6. The molecule has 1 unspecified atom stereocenters. The van der Waals surface area contributed by atoms with Crippen molar-refractivity contribution >= 4 is 28.4 Å². The fraction of sp³-hybridized carbons (Fsp3) is 0.714. The summed E-state index contributed by atoms with van der Waals surface area (Å²) in [5, 5.41) is 3.16. The maximum Gasteiger partial charge on any atom is 0.162 e. The lowest BCUT2D eigenvalue weighted by Crippen LogP contribution is -2.28. The molecule has 0 aliphatic carbocycles. The fourth-order valence-corrected chi connectivity index (χ4v) is 2.54. The average Bonchev–Trinajstić information content (AvgIpc) is 2.39. The number of hydrogen-bond donors (Lipinski definition) is 1. The van der Waals surface area contributed by atoms with E-state index in [2.05, 4.69) is 53.7 Å². The monoisotopic (exact) mass is 377 g/mol. The van der Waals surface area contributed by atoms with Crippen LogP contribution in [0.15, 0.2) is 0 Å². The molecular weight excluding hydrogens is 353 g/mol. The molecule has 0 fully saturated rings. The van der Waals surface area contributed by atoms with Crippen molar-refractivity contribution in [2.75, 3.05) is 19.5 Å². The van der Waals surface area contributed by atoms with E-state index in [1.165, 1.54) is 0 Å². The van der Waals surface area contributed by atoms with Crippen LogP contribution in [-0.2, 0) is 16.8 Å². The minimum Gasteiger partial charge on any atom is -0.372 e. The van der Waals surface area contributed by atoms with Gasteiger partial charge in [0.25, 0.3) is 0 Å². The molecule has 0 spiro atoms. The first-order valence-corrected chi connectivity index (χ1v) is 7.75. The largest absolute Gasteiger partial charge is 0.372 e. The Morgan fingerprint density at radius 2 is 2.00 bits per heavy atom. The second-order valence-corrected chi connectivity index (χ2v) is 6.37. The number of methoxy groups -OCH3 is 1. The molecule has 0 aliphatic heterocycles. The first-order valence-electron chi connectivity index (χ1n) is 6.67. The van der Waals surface area contributed by atoms with Crippen molar-refractivity contribution < 1.29 is 4.74 Å². The molecule has 4 nitrogen and oxygen atoms in total. The molecule has 0 aliphatic rings. The van der Waals surface area contributed by atoms with Crippen molar-refractivity contribution in [3.63, 3.8) is 0 Å². The van der Waals surface area contributed by atoms with E-state index in [4.69, 9.17) is 9.72 Å². The van der Waals surface area contributed by atoms with Gasteiger partial charge >= 0.3 is 0 Å². The Kier molecular flexibility index (Phi) is 5.98. The third-order valence-corrected chi connectivity index (χ3v) is 4.49. The van der Waals surface area contributed by atoms with E-state index in [1.807, 2.05) is 14.0 Å². The van der Waals surface area contributed by atoms with Gasteiger partial charge in [0, 0.05) is 14.2 Å². The second-order valence-electron chi connectivity index (χ2n) is 5.29. The molecule has 0 saturated heterocycles. The molecule has 0 bridgehead atoms. The van der Waals surface area contributed by atoms with Crippen LogP contribution in [0, 0.1) is 9.49 Å². The summed E-state index contributed by atoms with van der Waals surface area (Å²) in [5.41, 5.74) is 0.670. The Bertz CT molecular complexity index is 431. The van der Waals surface area contributed by atoms with Crippen molar-refractivity contribution in [1.29, 1.82) is 0 Å². The number of aromatic nitrogens is 2. The van der Waals surface area contributed by atoms with Crippen molar-refractivity contribution in [3.8, 4) is 0 Å². The third kappa shape index (κ3) is 3.78. The smallest absolute Gasteiger partial charge is 0.162 e. The van der Waals surface area contributed by atoms with E-state index in [9.17, 15) is 0 Å². The molecule has 108 valence electrons. The van der Waals surface area contributed by atoms with Crippen LogP contribution >= 0.6 is 22.6 Å². The Morgan fingerprint density at radius 1 is 1.37 bits per heavy atom. The standard InChI is InChI=1S/C14H24IN3O/c1-7-14(4,19-6)13-17-10(8-9(2)3)11(15)12(16-5)18-13/h9H,7-8H2,1-6H3,(H,16,17,18). The number of anilines is 1. The summed E-state index contributed by atoms with van der Waals surface area (Å²) in [5.74, 6) is 2.22. The minimum absolute atomic E-state index is 0.429. The maximum atomic E-state index is 5.62. The lowest BCUT2D eigenvalue weighted by Gasteiger charge is -2.26. The van der Waals surface area contributed by atoms with Gasteiger partial charge in [-0.2, -0.15) is 0 Å². The molecular formula is C14H24IN3O. The number of hydrogen-bond acceptors (Lipinski definition) is 4. The predicted molar refractivity (Wildman–Crippen MR) is 87.5 cm³/mol. The van der Waals surface area contributed by atoms with Crippen LogP contribution in [-0.4, -0.2) is 24.1 Å². The summed E-state index contributed by atoms with van der Waals surface area (Å²) in [6.07, 6.45) is 1.79. The van der Waals surface area contributed by atoms with Gasteiger partial charge in [0.2, 0.25) is 0 Å². The predicted octanol–water partition coefficient (Wildman–Crippen LogP) is 3.59. The van der Waals surface area contributed by atoms with E-state index in [0.717, 1.165) is 33.7 Å². The quantitative estimate of drug-likeness (QED) is 0.770. The zero-order chi connectivity index (χ0) is 14.6. The zero-order valence-corrected chi connectivity index (χ0v) is 14.8. The highest BCUT2D eigenvalue weighted by Crippen LogP contribution is 2.29. The second kappa shape index (κ2) is 6.83.